The fourth-order valence-corrected chi connectivity index (χ4v) is 3.90. The molecule has 1 N–H and O–H groups in total. The SMILES string of the molecule is CCCOc1cccc(C(O)=C2C(=O)C(=O)N(CCN(CC)CC)C2c2ccc(C)o2)c1. The van der Waals surface area contributed by atoms with Crippen LogP contribution < -0.4 is 4.74 Å². The smallest absolute Gasteiger partial charge is 0.295 e. The third-order valence-corrected chi connectivity index (χ3v) is 5.70. The monoisotopic (exact) mass is 440 g/mol. The number of aliphatic hydroxyl groups excluding tert-OH is 1. The largest absolute Gasteiger partial charge is 0.507 e. The average molecular weight is 441 g/mol. The third-order valence-electron chi connectivity index (χ3n) is 5.70. The van der Waals surface area contributed by atoms with Crippen molar-refractivity contribution in [3.05, 3.63) is 59.1 Å². The minimum absolute atomic E-state index is 0.0385. The van der Waals surface area contributed by atoms with Crippen LogP contribution in [0, 0.1) is 6.92 Å². The number of nitrogens with zero attached hydrogens (tertiary/aromatic N) is 2. The molecule has 1 aromatic heterocycles. The summed E-state index contributed by atoms with van der Waals surface area (Å²) in [4.78, 5) is 29.7. The maximum atomic E-state index is 13.1. The van der Waals surface area contributed by atoms with Gasteiger partial charge in [0.05, 0.1) is 12.2 Å². The van der Waals surface area contributed by atoms with E-state index in [1.54, 1.807) is 43.3 Å². The van der Waals surface area contributed by atoms with E-state index in [-0.39, 0.29) is 11.3 Å². The number of furan rings is 1. The molecule has 0 spiro atoms. The van der Waals surface area contributed by atoms with Gasteiger partial charge in [0.15, 0.2) is 0 Å². The first-order chi connectivity index (χ1) is 15.4. The fraction of sp³-hybridized carbons (Fsp3) is 0.440. The summed E-state index contributed by atoms with van der Waals surface area (Å²) in [5, 5.41) is 11.2. The summed E-state index contributed by atoms with van der Waals surface area (Å²) in [7, 11) is 0. The summed E-state index contributed by atoms with van der Waals surface area (Å²) >= 11 is 0. The van der Waals surface area contributed by atoms with Crippen LogP contribution in [0.4, 0.5) is 0 Å². The van der Waals surface area contributed by atoms with Crippen LogP contribution in [0.1, 0.15) is 50.3 Å². The minimum Gasteiger partial charge on any atom is -0.507 e. The van der Waals surface area contributed by atoms with Crippen molar-refractivity contribution >= 4 is 17.4 Å². The molecule has 1 unspecified atom stereocenters. The lowest BCUT2D eigenvalue weighted by molar-refractivity contribution is -0.140. The lowest BCUT2D eigenvalue weighted by Crippen LogP contribution is -2.37. The van der Waals surface area contributed by atoms with Gasteiger partial charge in [-0.05, 0) is 50.7 Å². The number of likely N-dealkylation sites (N-methyl/N-ethyl adjacent to an activating group) is 1. The topological polar surface area (TPSA) is 83.2 Å². The Morgan fingerprint density at radius 3 is 2.53 bits per heavy atom. The molecule has 1 fully saturated rings. The van der Waals surface area contributed by atoms with Crippen LogP contribution in [0.25, 0.3) is 5.76 Å². The van der Waals surface area contributed by atoms with Crippen LogP contribution in [0.2, 0.25) is 0 Å². The summed E-state index contributed by atoms with van der Waals surface area (Å²) in [5.41, 5.74) is 0.463. The fourth-order valence-electron chi connectivity index (χ4n) is 3.90. The van der Waals surface area contributed by atoms with Gasteiger partial charge < -0.3 is 24.1 Å². The van der Waals surface area contributed by atoms with Crippen molar-refractivity contribution in [1.82, 2.24) is 9.80 Å². The number of ether oxygens (including phenoxy) is 1. The summed E-state index contributed by atoms with van der Waals surface area (Å²) < 4.78 is 11.5. The Kier molecular flexibility index (Phi) is 7.75. The van der Waals surface area contributed by atoms with E-state index in [1.165, 1.54) is 4.90 Å². The van der Waals surface area contributed by atoms with Gasteiger partial charge in [0.2, 0.25) is 0 Å². The van der Waals surface area contributed by atoms with E-state index in [1.807, 2.05) is 6.92 Å². The van der Waals surface area contributed by atoms with Crippen LogP contribution in [-0.4, -0.2) is 59.4 Å². The van der Waals surface area contributed by atoms with E-state index < -0.39 is 17.7 Å². The summed E-state index contributed by atoms with van der Waals surface area (Å²) in [6.45, 7) is 11.1. The number of hydrogen-bond acceptors (Lipinski definition) is 6. The van der Waals surface area contributed by atoms with E-state index in [4.69, 9.17) is 9.15 Å². The second kappa shape index (κ2) is 10.5. The van der Waals surface area contributed by atoms with E-state index >= 15 is 0 Å². The molecular weight excluding hydrogens is 408 g/mol. The van der Waals surface area contributed by atoms with E-state index in [2.05, 4.69) is 18.7 Å². The number of benzene rings is 1. The van der Waals surface area contributed by atoms with E-state index in [0.29, 0.717) is 42.5 Å². The first-order valence-electron chi connectivity index (χ1n) is 11.2. The van der Waals surface area contributed by atoms with Gasteiger partial charge in [0, 0.05) is 18.7 Å². The lowest BCUT2D eigenvalue weighted by atomic mass is 9.99. The second-order valence-electron chi connectivity index (χ2n) is 7.84. The molecule has 1 atom stereocenters. The highest BCUT2D eigenvalue weighted by Gasteiger charge is 2.47. The molecule has 7 heteroatoms. The average Bonchev–Trinajstić information content (AvgIpc) is 3.34. The molecule has 0 saturated carbocycles. The normalized spacial score (nSPS) is 18.0. The summed E-state index contributed by atoms with van der Waals surface area (Å²) in [6.07, 6.45) is 0.853. The number of aliphatic hydroxyl groups is 1. The molecule has 7 nitrogen and oxygen atoms in total. The number of rotatable bonds is 10. The van der Waals surface area contributed by atoms with Crippen LogP contribution in [0.15, 0.2) is 46.4 Å². The highest BCUT2D eigenvalue weighted by Crippen LogP contribution is 2.40. The molecule has 0 radical (unpaired) electrons. The third kappa shape index (κ3) is 4.88. The Bertz CT molecular complexity index is 990. The highest BCUT2D eigenvalue weighted by atomic mass is 16.5. The summed E-state index contributed by atoms with van der Waals surface area (Å²) in [6, 6.07) is 9.69. The van der Waals surface area contributed by atoms with Gasteiger partial charge >= 0.3 is 0 Å². The lowest BCUT2D eigenvalue weighted by Gasteiger charge is -2.26. The van der Waals surface area contributed by atoms with Crippen molar-refractivity contribution in [2.75, 3.05) is 32.8 Å². The van der Waals surface area contributed by atoms with Gasteiger partial charge in [-0.2, -0.15) is 0 Å². The number of amides is 1. The molecule has 1 aliphatic heterocycles. The van der Waals surface area contributed by atoms with Gasteiger partial charge in [0.1, 0.15) is 29.1 Å². The van der Waals surface area contributed by atoms with Gasteiger partial charge in [-0.1, -0.05) is 32.9 Å². The highest BCUT2D eigenvalue weighted by molar-refractivity contribution is 6.46. The maximum Gasteiger partial charge on any atom is 0.295 e. The van der Waals surface area contributed by atoms with Crippen LogP contribution in [-0.2, 0) is 9.59 Å². The molecule has 172 valence electrons. The predicted octanol–water partition coefficient (Wildman–Crippen LogP) is 4.14. The first kappa shape index (κ1) is 23.6. The Balaban J connectivity index is 2.04. The molecule has 0 bridgehead atoms. The van der Waals surface area contributed by atoms with Crippen LogP contribution in [0.5, 0.6) is 5.75 Å². The van der Waals surface area contributed by atoms with E-state index in [0.717, 1.165) is 19.5 Å². The second-order valence-corrected chi connectivity index (χ2v) is 7.84. The zero-order valence-electron chi connectivity index (χ0n) is 19.3. The quantitative estimate of drug-likeness (QED) is 0.340. The molecular formula is C25H32N2O5. The summed E-state index contributed by atoms with van der Waals surface area (Å²) in [5.74, 6) is 0.161. The number of aryl methyl sites for hydroxylation is 1. The van der Waals surface area contributed by atoms with Crippen molar-refractivity contribution in [3.63, 3.8) is 0 Å². The van der Waals surface area contributed by atoms with Gasteiger partial charge in [-0.3, -0.25) is 9.59 Å². The number of Topliss-reactive ketones (excluding diaryl/α,β-unsaturated/α-hetero) is 1. The zero-order valence-corrected chi connectivity index (χ0v) is 19.3. The molecule has 1 aromatic carbocycles. The molecule has 2 aromatic rings. The zero-order chi connectivity index (χ0) is 23.3. The molecule has 2 heterocycles. The number of likely N-dealkylation sites (tertiary alicyclic amines) is 1. The Hall–Kier alpha value is -3.06. The van der Waals surface area contributed by atoms with E-state index in [9.17, 15) is 14.7 Å². The molecule has 1 saturated heterocycles. The molecule has 1 amide bonds. The predicted molar refractivity (Wildman–Crippen MR) is 122 cm³/mol. The van der Waals surface area contributed by atoms with Crippen molar-refractivity contribution in [1.29, 1.82) is 0 Å². The molecule has 0 aliphatic carbocycles. The van der Waals surface area contributed by atoms with Crippen molar-refractivity contribution in [2.24, 2.45) is 0 Å². The van der Waals surface area contributed by atoms with Crippen molar-refractivity contribution in [3.8, 4) is 5.75 Å². The number of hydrogen-bond donors (Lipinski definition) is 1. The molecule has 32 heavy (non-hydrogen) atoms. The Morgan fingerprint density at radius 2 is 1.91 bits per heavy atom. The molecule has 3 rings (SSSR count). The van der Waals surface area contributed by atoms with Gasteiger partial charge in [-0.15, -0.1) is 0 Å². The maximum absolute atomic E-state index is 13.1. The number of carbonyl (C=O) groups is 2. The Labute approximate surface area is 189 Å². The van der Waals surface area contributed by atoms with Crippen LogP contribution in [0.3, 0.4) is 0 Å². The first-order valence-corrected chi connectivity index (χ1v) is 11.2. The minimum atomic E-state index is -0.778. The standard InChI is InChI=1S/C25H32N2O5/c1-5-15-31-19-10-8-9-18(16-19)23(28)21-22(20-12-11-17(4)32-20)27(25(30)24(21)29)14-13-26(6-2)7-3/h8-12,16,22,28H,5-7,13-15H2,1-4H3. The van der Waals surface area contributed by atoms with Crippen molar-refractivity contribution in [2.45, 2.75) is 40.2 Å². The Morgan fingerprint density at radius 1 is 1.16 bits per heavy atom. The molecule has 1 aliphatic rings. The van der Waals surface area contributed by atoms with Gasteiger partial charge in [0.25, 0.3) is 11.7 Å². The van der Waals surface area contributed by atoms with Gasteiger partial charge in [-0.25, -0.2) is 0 Å². The number of ketones is 1. The van der Waals surface area contributed by atoms with Crippen molar-refractivity contribution < 1.29 is 23.8 Å². The number of carbonyl (C=O) groups excluding carboxylic acids is 2. The van der Waals surface area contributed by atoms with Crippen LogP contribution >= 0.6 is 0 Å².